The van der Waals surface area contributed by atoms with Crippen LogP contribution in [0.25, 0.3) is 0 Å². The molecule has 0 aromatic heterocycles. The van der Waals surface area contributed by atoms with Gasteiger partial charge in [0.05, 0.1) is 4.83 Å². The summed E-state index contributed by atoms with van der Waals surface area (Å²) in [5, 5.41) is 0. The highest BCUT2D eigenvalue weighted by molar-refractivity contribution is 9.10. The second-order valence-corrected chi connectivity index (χ2v) is 11.3. The van der Waals surface area contributed by atoms with Crippen LogP contribution in [0, 0.1) is 40.4 Å². The number of ketones is 2. The zero-order valence-corrected chi connectivity index (χ0v) is 19.1. The number of halogens is 1. The average molecular weight is 453 g/mol. The first-order chi connectivity index (χ1) is 13.1. The van der Waals surface area contributed by atoms with Gasteiger partial charge in [-0.05, 0) is 80.5 Å². The van der Waals surface area contributed by atoms with E-state index in [1.807, 2.05) is 0 Å². The summed E-state index contributed by atoms with van der Waals surface area (Å²) in [5.74, 6) is 1.70. The molecule has 4 aliphatic rings. The molecule has 9 atom stereocenters. The summed E-state index contributed by atoms with van der Waals surface area (Å²) in [6.45, 7) is 7.69. The Morgan fingerprint density at radius 2 is 1.79 bits per heavy atom. The summed E-state index contributed by atoms with van der Waals surface area (Å²) < 4.78 is 5.52. The molecule has 4 aliphatic carbocycles. The minimum atomic E-state index is -0.248. The molecule has 0 bridgehead atoms. The number of carbonyl (C=O) groups excluding carboxylic acids is 3. The first kappa shape index (κ1) is 20.6. The third-order valence-electron chi connectivity index (χ3n) is 9.23. The van der Waals surface area contributed by atoms with Gasteiger partial charge in [0, 0.05) is 18.8 Å². The molecule has 0 amide bonds. The normalized spacial score (nSPS) is 50.3. The fourth-order valence-corrected chi connectivity index (χ4v) is 8.91. The highest BCUT2D eigenvalue weighted by atomic mass is 79.9. The Labute approximate surface area is 176 Å². The molecule has 0 aromatic rings. The van der Waals surface area contributed by atoms with Gasteiger partial charge in [-0.25, -0.2) is 0 Å². The quantitative estimate of drug-likeness (QED) is 0.449. The van der Waals surface area contributed by atoms with Crippen molar-refractivity contribution in [3.05, 3.63) is 0 Å². The predicted octanol–water partition coefficient (Wildman–Crippen LogP) is 4.72. The van der Waals surface area contributed by atoms with E-state index in [4.69, 9.17) is 4.74 Å². The Morgan fingerprint density at radius 3 is 2.43 bits per heavy atom. The van der Waals surface area contributed by atoms with Crippen LogP contribution in [0.5, 0.6) is 0 Å². The summed E-state index contributed by atoms with van der Waals surface area (Å²) in [6.07, 6.45) is 6.84. The second kappa shape index (κ2) is 6.92. The van der Waals surface area contributed by atoms with Crippen LogP contribution in [0.1, 0.15) is 72.6 Å². The molecule has 4 rings (SSSR count). The Hall–Kier alpha value is -0.710. The van der Waals surface area contributed by atoms with Gasteiger partial charge in [0.1, 0.15) is 11.9 Å². The van der Waals surface area contributed by atoms with E-state index in [0.29, 0.717) is 23.5 Å². The van der Waals surface area contributed by atoms with E-state index >= 15 is 0 Å². The molecule has 4 fully saturated rings. The zero-order chi connectivity index (χ0) is 20.4. The minimum absolute atomic E-state index is 0.00277. The Kier molecular flexibility index (Phi) is 5.08. The Balaban J connectivity index is 1.64. The van der Waals surface area contributed by atoms with Crippen molar-refractivity contribution in [2.24, 2.45) is 40.4 Å². The monoisotopic (exact) mass is 452 g/mol. The van der Waals surface area contributed by atoms with E-state index in [2.05, 4.69) is 29.8 Å². The van der Waals surface area contributed by atoms with Crippen molar-refractivity contribution < 1.29 is 19.1 Å². The molecule has 0 spiro atoms. The molecule has 0 radical (unpaired) electrons. The van der Waals surface area contributed by atoms with Gasteiger partial charge in [0.25, 0.3) is 0 Å². The predicted molar refractivity (Wildman–Crippen MR) is 110 cm³/mol. The molecular weight excluding hydrogens is 420 g/mol. The second-order valence-electron chi connectivity index (χ2n) is 10.4. The number of carbonyl (C=O) groups is 3. The molecule has 28 heavy (non-hydrogen) atoms. The highest BCUT2D eigenvalue weighted by Gasteiger charge is 2.67. The summed E-state index contributed by atoms with van der Waals surface area (Å²) in [6, 6.07) is 0. The number of hydrogen-bond donors (Lipinski definition) is 0. The highest BCUT2D eigenvalue weighted by Crippen LogP contribution is 2.67. The van der Waals surface area contributed by atoms with Crippen LogP contribution in [0.2, 0.25) is 0 Å². The number of fused-ring (bicyclic) bond motifs is 5. The number of esters is 1. The maximum Gasteiger partial charge on any atom is 0.302 e. The molecule has 156 valence electrons. The number of Topliss-reactive ketones (excluding diaryl/α,β-unsaturated/α-hetero) is 2. The zero-order valence-electron chi connectivity index (χ0n) is 17.5. The summed E-state index contributed by atoms with van der Waals surface area (Å²) in [4.78, 5) is 37.3. The van der Waals surface area contributed by atoms with Gasteiger partial charge in [-0.2, -0.15) is 0 Å². The van der Waals surface area contributed by atoms with Crippen molar-refractivity contribution >= 4 is 33.5 Å². The van der Waals surface area contributed by atoms with E-state index in [1.165, 1.54) is 6.92 Å². The molecule has 4 saturated carbocycles. The smallest absolute Gasteiger partial charge is 0.302 e. The van der Waals surface area contributed by atoms with Crippen molar-refractivity contribution in [3.63, 3.8) is 0 Å². The topological polar surface area (TPSA) is 60.4 Å². The number of ether oxygens (including phenoxy) is 1. The van der Waals surface area contributed by atoms with E-state index in [1.54, 1.807) is 6.92 Å². The van der Waals surface area contributed by atoms with Crippen molar-refractivity contribution in [3.8, 4) is 0 Å². The average Bonchev–Trinajstić information content (AvgIpc) is 2.97. The van der Waals surface area contributed by atoms with Gasteiger partial charge in [-0.3, -0.25) is 14.4 Å². The van der Waals surface area contributed by atoms with Gasteiger partial charge in [0.15, 0.2) is 5.78 Å². The molecule has 0 N–H and O–H groups in total. The van der Waals surface area contributed by atoms with E-state index in [9.17, 15) is 14.4 Å². The molecule has 5 heteroatoms. The standard InChI is InChI=1S/C23H33BrO4/c1-12(25)17-7-8-18-16-6-5-14-11-15(28-13(2)26)9-10-22(14,3)19(16)20(27)21(24)23(17,18)4/h14-19,21H,5-11H2,1-4H3/t14-,15+,16+,17-,18+,19-,21-,22+,23-/m1/s1. The first-order valence-corrected chi connectivity index (χ1v) is 11.9. The third kappa shape index (κ3) is 2.78. The number of alkyl halides is 1. The van der Waals surface area contributed by atoms with Crippen LogP contribution in [0.4, 0.5) is 0 Å². The lowest BCUT2D eigenvalue weighted by Crippen LogP contribution is -2.62. The molecule has 0 heterocycles. The van der Waals surface area contributed by atoms with E-state index in [0.717, 1.165) is 44.9 Å². The summed E-state index contributed by atoms with van der Waals surface area (Å²) in [5.41, 5.74) is -0.263. The molecule has 0 unspecified atom stereocenters. The first-order valence-electron chi connectivity index (χ1n) is 11.0. The number of hydrogen-bond acceptors (Lipinski definition) is 4. The molecule has 4 nitrogen and oxygen atoms in total. The fourth-order valence-electron chi connectivity index (χ4n) is 7.97. The van der Waals surface area contributed by atoms with Crippen LogP contribution >= 0.6 is 15.9 Å². The summed E-state index contributed by atoms with van der Waals surface area (Å²) >= 11 is 3.80. The lowest BCUT2D eigenvalue weighted by atomic mass is 9.44. The minimum Gasteiger partial charge on any atom is -0.463 e. The molecule has 0 aliphatic heterocycles. The third-order valence-corrected chi connectivity index (χ3v) is 10.7. The van der Waals surface area contributed by atoms with Crippen molar-refractivity contribution in [1.82, 2.24) is 0 Å². The van der Waals surface area contributed by atoms with Crippen molar-refractivity contribution in [1.29, 1.82) is 0 Å². The lowest BCUT2D eigenvalue weighted by Gasteiger charge is -2.61. The van der Waals surface area contributed by atoms with Crippen LogP contribution in [0.15, 0.2) is 0 Å². The Morgan fingerprint density at radius 1 is 1.07 bits per heavy atom. The lowest BCUT2D eigenvalue weighted by molar-refractivity contribution is -0.168. The van der Waals surface area contributed by atoms with Gasteiger partial charge in [-0.15, -0.1) is 0 Å². The summed E-state index contributed by atoms with van der Waals surface area (Å²) in [7, 11) is 0. The van der Waals surface area contributed by atoms with Crippen molar-refractivity contribution in [2.75, 3.05) is 0 Å². The van der Waals surface area contributed by atoms with Gasteiger partial charge < -0.3 is 4.74 Å². The van der Waals surface area contributed by atoms with Gasteiger partial charge >= 0.3 is 5.97 Å². The van der Waals surface area contributed by atoms with E-state index in [-0.39, 0.29) is 45.3 Å². The molecular formula is C23H33BrO4. The molecule has 0 aromatic carbocycles. The van der Waals surface area contributed by atoms with Crippen molar-refractivity contribution in [2.45, 2.75) is 83.6 Å². The van der Waals surface area contributed by atoms with Crippen LogP contribution in [-0.2, 0) is 19.1 Å². The van der Waals surface area contributed by atoms with Gasteiger partial charge in [0.2, 0.25) is 0 Å². The maximum atomic E-state index is 13.8. The van der Waals surface area contributed by atoms with Crippen LogP contribution in [-0.4, -0.2) is 28.5 Å². The number of rotatable bonds is 2. The largest absolute Gasteiger partial charge is 0.463 e. The van der Waals surface area contributed by atoms with Crippen LogP contribution < -0.4 is 0 Å². The maximum absolute atomic E-state index is 13.8. The van der Waals surface area contributed by atoms with Crippen LogP contribution in [0.3, 0.4) is 0 Å². The fraction of sp³-hybridized carbons (Fsp3) is 0.870. The molecule has 0 saturated heterocycles. The van der Waals surface area contributed by atoms with Gasteiger partial charge in [-0.1, -0.05) is 29.8 Å². The van der Waals surface area contributed by atoms with E-state index < -0.39 is 0 Å². The SMILES string of the molecule is CC(=O)O[C@H]1CC[C@@]2(C)[C@H](CC[C@@H]3[C@@H]2C(=O)[C@@H](Br)[C@]2(C)[C@@H](C(C)=O)CC[C@@H]32)C1. The Bertz CT molecular complexity index is 705.